The highest BCUT2D eigenvalue weighted by Crippen LogP contribution is 2.04. The quantitative estimate of drug-likeness (QED) is 0.121. The molecule has 0 radical (unpaired) electrons. The SMILES string of the molecule is NC(=O)CC(NC(=O)C(N)Cc1ccccc1)C(=O)NC(CO)C(=O)NC(CCC(=O)O)C(=O)O. The van der Waals surface area contributed by atoms with Crippen molar-refractivity contribution >= 4 is 35.6 Å². The number of carbonyl (C=O) groups is 6. The van der Waals surface area contributed by atoms with Gasteiger partial charge >= 0.3 is 11.9 Å². The van der Waals surface area contributed by atoms with Gasteiger partial charge in [0.2, 0.25) is 23.6 Å². The number of aliphatic hydroxyl groups excluding tert-OH is 1. The van der Waals surface area contributed by atoms with Gasteiger partial charge in [-0.1, -0.05) is 30.3 Å². The van der Waals surface area contributed by atoms with Gasteiger partial charge in [-0.2, -0.15) is 0 Å². The Morgan fingerprint density at radius 3 is 1.89 bits per heavy atom. The van der Waals surface area contributed by atoms with Crippen LogP contribution in [0.5, 0.6) is 0 Å². The standard InChI is InChI=1S/C21H29N5O9/c22-12(8-11-4-2-1-3-5-11)18(31)25-14(9-16(23)28)19(32)26-15(10-27)20(33)24-13(21(34)35)6-7-17(29)30/h1-5,12-15,27H,6-10,22H2,(H2,23,28)(H,24,33)(H,25,31)(H,26,32)(H,29,30)(H,34,35). The largest absolute Gasteiger partial charge is 0.481 e. The van der Waals surface area contributed by atoms with E-state index in [4.69, 9.17) is 21.7 Å². The Bertz CT molecular complexity index is 925. The zero-order valence-electron chi connectivity index (χ0n) is 18.7. The van der Waals surface area contributed by atoms with Crippen molar-refractivity contribution in [2.45, 2.75) is 49.9 Å². The predicted octanol–water partition coefficient (Wildman–Crippen LogP) is -3.17. The summed E-state index contributed by atoms with van der Waals surface area (Å²) in [4.78, 5) is 70.8. The van der Waals surface area contributed by atoms with Crippen LogP contribution < -0.4 is 27.4 Å². The second-order valence-electron chi connectivity index (χ2n) is 7.60. The first kappa shape index (κ1) is 29.0. The van der Waals surface area contributed by atoms with Crippen molar-refractivity contribution in [1.82, 2.24) is 16.0 Å². The van der Waals surface area contributed by atoms with Gasteiger partial charge in [-0.05, 0) is 18.4 Å². The first-order valence-electron chi connectivity index (χ1n) is 10.5. The third-order valence-electron chi connectivity index (χ3n) is 4.75. The molecule has 0 aromatic heterocycles. The molecule has 4 amide bonds. The molecule has 14 heteroatoms. The predicted molar refractivity (Wildman–Crippen MR) is 119 cm³/mol. The summed E-state index contributed by atoms with van der Waals surface area (Å²) in [5, 5.41) is 33.7. The van der Waals surface area contributed by atoms with E-state index in [1.807, 2.05) is 5.32 Å². The third-order valence-corrected chi connectivity index (χ3v) is 4.75. The number of carbonyl (C=O) groups excluding carboxylic acids is 4. The monoisotopic (exact) mass is 495 g/mol. The summed E-state index contributed by atoms with van der Waals surface area (Å²) in [6, 6.07) is 2.88. The number of benzene rings is 1. The number of aliphatic carboxylic acids is 2. The van der Waals surface area contributed by atoms with Crippen molar-refractivity contribution in [3.63, 3.8) is 0 Å². The number of nitrogens with one attached hydrogen (secondary N) is 3. The Balaban J connectivity index is 2.84. The molecule has 0 fully saturated rings. The van der Waals surface area contributed by atoms with E-state index in [-0.39, 0.29) is 6.42 Å². The summed E-state index contributed by atoms with van der Waals surface area (Å²) in [5.41, 5.74) is 11.8. The van der Waals surface area contributed by atoms with Crippen LogP contribution in [0.1, 0.15) is 24.8 Å². The highest BCUT2D eigenvalue weighted by Gasteiger charge is 2.31. The first-order valence-corrected chi connectivity index (χ1v) is 10.5. The van der Waals surface area contributed by atoms with Gasteiger partial charge in [0.1, 0.15) is 18.1 Å². The minimum Gasteiger partial charge on any atom is -0.481 e. The summed E-state index contributed by atoms with van der Waals surface area (Å²) in [7, 11) is 0. The number of carboxylic acids is 2. The van der Waals surface area contributed by atoms with E-state index in [0.717, 1.165) is 5.56 Å². The van der Waals surface area contributed by atoms with Gasteiger partial charge in [-0.15, -0.1) is 0 Å². The number of hydrogen-bond donors (Lipinski definition) is 8. The van der Waals surface area contributed by atoms with Crippen molar-refractivity contribution in [1.29, 1.82) is 0 Å². The molecule has 1 aromatic rings. The Morgan fingerprint density at radius 1 is 0.829 bits per heavy atom. The fourth-order valence-electron chi connectivity index (χ4n) is 2.91. The Hall–Kier alpha value is -4.04. The molecule has 0 spiro atoms. The summed E-state index contributed by atoms with van der Waals surface area (Å²) in [6.07, 6.45) is -1.51. The van der Waals surface area contributed by atoms with Crippen LogP contribution in [-0.2, 0) is 35.2 Å². The van der Waals surface area contributed by atoms with Gasteiger partial charge in [0, 0.05) is 6.42 Å². The highest BCUT2D eigenvalue weighted by molar-refractivity contribution is 5.96. The lowest BCUT2D eigenvalue weighted by Gasteiger charge is -2.23. The van der Waals surface area contributed by atoms with Crippen molar-refractivity contribution in [3.8, 4) is 0 Å². The van der Waals surface area contributed by atoms with Crippen molar-refractivity contribution in [2.75, 3.05) is 6.61 Å². The lowest BCUT2D eigenvalue weighted by atomic mass is 10.0. The molecule has 0 aliphatic carbocycles. The molecule has 0 bridgehead atoms. The van der Waals surface area contributed by atoms with Crippen molar-refractivity contribution in [2.24, 2.45) is 11.5 Å². The van der Waals surface area contributed by atoms with Gasteiger partial charge in [0.15, 0.2) is 0 Å². The average molecular weight is 495 g/mol. The highest BCUT2D eigenvalue weighted by atomic mass is 16.4. The molecule has 4 atom stereocenters. The summed E-state index contributed by atoms with van der Waals surface area (Å²) >= 11 is 0. The Labute approximate surface area is 200 Å². The topological polar surface area (TPSA) is 251 Å². The Kier molecular flexibility index (Phi) is 11.8. The molecule has 1 aromatic carbocycles. The number of aliphatic hydroxyl groups is 1. The van der Waals surface area contributed by atoms with Crippen LogP contribution in [0.4, 0.5) is 0 Å². The molecule has 0 aliphatic rings. The summed E-state index contributed by atoms with van der Waals surface area (Å²) < 4.78 is 0. The Morgan fingerprint density at radius 2 is 1.37 bits per heavy atom. The second kappa shape index (κ2) is 14.3. The number of nitrogens with two attached hydrogens (primary N) is 2. The van der Waals surface area contributed by atoms with Crippen LogP contribution in [-0.4, -0.2) is 81.7 Å². The van der Waals surface area contributed by atoms with E-state index >= 15 is 0 Å². The molecule has 0 heterocycles. The van der Waals surface area contributed by atoms with Crippen LogP contribution in [0.25, 0.3) is 0 Å². The summed E-state index contributed by atoms with van der Waals surface area (Å²) in [6.45, 7) is -0.965. The van der Waals surface area contributed by atoms with Crippen LogP contribution in [0.3, 0.4) is 0 Å². The van der Waals surface area contributed by atoms with E-state index in [1.54, 1.807) is 30.3 Å². The molecule has 4 unspecified atom stereocenters. The van der Waals surface area contributed by atoms with Gasteiger partial charge in [-0.25, -0.2) is 4.79 Å². The molecule has 192 valence electrons. The molecular formula is C21H29N5O9. The van der Waals surface area contributed by atoms with E-state index in [0.29, 0.717) is 0 Å². The number of rotatable bonds is 15. The van der Waals surface area contributed by atoms with Crippen molar-refractivity contribution < 1.29 is 44.1 Å². The maximum absolute atomic E-state index is 12.6. The molecule has 1 rings (SSSR count). The number of hydrogen-bond acceptors (Lipinski definition) is 8. The van der Waals surface area contributed by atoms with Crippen molar-refractivity contribution in [3.05, 3.63) is 35.9 Å². The third kappa shape index (κ3) is 10.6. The minimum absolute atomic E-state index is 0.131. The minimum atomic E-state index is -1.67. The van der Waals surface area contributed by atoms with Gasteiger partial charge < -0.3 is 42.7 Å². The zero-order valence-corrected chi connectivity index (χ0v) is 18.7. The molecule has 0 aliphatic heterocycles. The molecule has 0 saturated heterocycles. The van der Waals surface area contributed by atoms with Gasteiger partial charge in [0.05, 0.1) is 19.1 Å². The van der Waals surface area contributed by atoms with E-state index in [2.05, 4.69) is 10.6 Å². The maximum Gasteiger partial charge on any atom is 0.326 e. The van der Waals surface area contributed by atoms with E-state index < -0.39 is 85.6 Å². The van der Waals surface area contributed by atoms with E-state index in [9.17, 15) is 33.9 Å². The smallest absolute Gasteiger partial charge is 0.326 e. The normalized spacial score (nSPS) is 14.0. The van der Waals surface area contributed by atoms with Crippen LogP contribution in [0.15, 0.2) is 30.3 Å². The lowest BCUT2D eigenvalue weighted by molar-refractivity contribution is -0.143. The van der Waals surface area contributed by atoms with Crippen LogP contribution >= 0.6 is 0 Å². The summed E-state index contributed by atoms with van der Waals surface area (Å²) in [5.74, 6) is -6.72. The molecule has 14 nitrogen and oxygen atoms in total. The lowest BCUT2D eigenvalue weighted by Crippen LogP contribution is -2.58. The van der Waals surface area contributed by atoms with Gasteiger partial charge in [0.25, 0.3) is 0 Å². The maximum atomic E-state index is 12.6. The fraction of sp³-hybridized carbons (Fsp3) is 0.429. The zero-order chi connectivity index (χ0) is 26.5. The average Bonchev–Trinajstić information content (AvgIpc) is 2.79. The second-order valence-corrected chi connectivity index (χ2v) is 7.60. The first-order chi connectivity index (χ1) is 16.4. The number of amides is 4. The van der Waals surface area contributed by atoms with E-state index in [1.165, 1.54) is 0 Å². The molecule has 0 saturated carbocycles. The number of primary amides is 1. The van der Waals surface area contributed by atoms with Crippen LogP contribution in [0.2, 0.25) is 0 Å². The van der Waals surface area contributed by atoms with Gasteiger partial charge in [-0.3, -0.25) is 24.0 Å². The molecule has 10 N–H and O–H groups in total. The molecule has 35 heavy (non-hydrogen) atoms. The fourth-order valence-corrected chi connectivity index (χ4v) is 2.91. The number of carboxylic acid groups (broad SMARTS) is 2. The molecular weight excluding hydrogens is 466 g/mol. The van der Waals surface area contributed by atoms with Crippen LogP contribution in [0, 0.1) is 0 Å².